The third-order valence-electron chi connectivity index (χ3n) is 6.20. The highest BCUT2D eigenvalue weighted by atomic mass is 16.5. The Morgan fingerprint density at radius 2 is 2.14 bits per heavy atom. The zero-order valence-electron chi connectivity index (χ0n) is 17.6. The Balaban J connectivity index is 1.47. The highest BCUT2D eigenvalue weighted by molar-refractivity contribution is 5.30. The van der Waals surface area contributed by atoms with Gasteiger partial charge in [0.1, 0.15) is 17.5 Å². The molecule has 2 fully saturated rings. The number of ether oxygens (including phenoxy) is 3. The number of piperidine rings is 1. The van der Waals surface area contributed by atoms with Crippen LogP contribution in [0.5, 0.6) is 5.75 Å². The fourth-order valence-electron chi connectivity index (χ4n) is 4.41. The Kier molecular flexibility index (Phi) is 6.18. The van der Waals surface area contributed by atoms with E-state index in [1.54, 1.807) is 7.11 Å². The average Bonchev–Trinajstić information content (AvgIpc) is 3.46. The second-order valence-corrected chi connectivity index (χ2v) is 7.88. The molecule has 3 heterocycles. The first-order chi connectivity index (χ1) is 14.1. The fraction of sp³-hybridized carbons (Fsp3) is 0.636. The van der Waals surface area contributed by atoms with E-state index in [-0.39, 0.29) is 6.10 Å². The number of likely N-dealkylation sites (tertiary alicyclic amines) is 1. The summed E-state index contributed by atoms with van der Waals surface area (Å²) in [7, 11) is 1.70. The van der Waals surface area contributed by atoms with Gasteiger partial charge < -0.3 is 18.7 Å². The second kappa shape index (κ2) is 8.81. The minimum atomic E-state index is -0.511. The van der Waals surface area contributed by atoms with Gasteiger partial charge in [0.05, 0.1) is 7.11 Å². The van der Waals surface area contributed by atoms with Gasteiger partial charge in [-0.15, -0.1) is 0 Å². The van der Waals surface area contributed by atoms with Crippen molar-refractivity contribution in [2.45, 2.75) is 57.3 Å². The molecule has 29 heavy (non-hydrogen) atoms. The van der Waals surface area contributed by atoms with Crippen LogP contribution < -0.4 is 4.74 Å². The molecule has 1 aromatic carbocycles. The van der Waals surface area contributed by atoms with Crippen LogP contribution in [0.1, 0.15) is 69.0 Å². The standard InChI is InChI=1S/C22H31N3O4/c1-4-28-22(21-23-20(24-29-21)19-9-6-14-27-19)10-12-25(13-11-22)16(2)17-7-5-8-18(15-17)26-3/h5,7-8,15-16,19H,4,6,9-14H2,1-3H3/t16?,19-/m1/s1. The van der Waals surface area contributed by atoms with E-state index >= 15 is 0 Å². The molecule has 158 valence electrons. The summed E-state index contributed by atoms with van der Waals surface area (Å²) in [5.41, 5.74) is 0.746. The number of rotatable bonds is 7. The summed E-state index contributed by atoms with van der Waals surface area (Å²) in [6.45, 7) is 7.44. The number of methoxy groups -OCH3 is 1. The molecule has 1 aromatic heterocycles. The Bertz CT molecular complexity index is 795. The van der Waals surface area contributed by atoms with Gasteiger partial charge in [0.25, 0.3) is 5.89 Å². The minimum Gasteiger partial charge on any atom is -0.497 e. The van der Waals surface area contributed by atoms with E-state index in [0.717, 1.165) is 51.1 Å². The second-order valence-electron chi connectivity index (χ2n) is 7.88. The van der Waals surface area contributed by atoms with E-state index in [4.69, 9.17) is 23.7 Å². The third-order valence-corrected chi connectivity index (χ3v) is 6.20. The summed E-state index contributed by atoms with van der Waals surface area (Å²) in [5, 5.41) is 4.20. The monoisotopic (exact) mass is 401 g/mol. The van der Waals surface area contributed by atoms with Crippen molar-refractivity contribution in [3.8, 4) is 5.75 Å². The SMILES string of the molecule is CCOC1(c2nc([C@H]3CCCO3)no2)CCN(C(C)c2cccc(OC)c2)CC1. The van der Waals surface area contributed by atoms with Gasteiger partial charge in [-0.3, -0.25) is 4.90 Å². The lowest BCUT2D eigenvalue weighted by Crippen LogP contribution is -2.45. The van der Waals surface area contributed by atoms with Crippen LogP contribution in [0.3, 0.4) is 0 Å². The Morgan fingerprint density at radius 3 is 2.83 bits per heavy atom. The van der Waals surface area contributed by atoms with Crippen LogP contribution in [0.15, 0.2) is 28.8 Å². The number of benzene rings is 1. The van der Waals surface area contributed by atoms with Crippen molar-refractivity contribution < 1.29 is 18.7 Å². The molecule has 7 heteroatoms. The first-order valence-electron chi connectivity index (χ1n) is 10.6. The molecule has 2 aliphatic heterocycles. The topological polar surface area (TPSA) is 69.9 Å². The molecular formula is C22H31N3O4. The Labute approximate surface area is 172 Å². The van der Waals surface area contributed by atoms with Crippen LogP contribution in [0.25, 0.3) is 0 Å². The van der Waals surface area contributed by atoms with Gasteiger partial charge in [-0.2, -0.15) is 4.98 Å². The highest BCUT2D eigenvalue weighted by Gasteiger charge is 2.43. The van der Waals surface area contributed by atoms with Gasteiger partial charge >= 0.3 is 0 Å². The van der Waals surface area contributed by atoms with Crippen LogP contribution in [0, 0.1) is 0 Å². The van der Waals surface area contributed by atoms with Crippen molar-refractivity contribution in [1.82, 2.24) is 15.0 Å². The molecule has 2 saturated heterocycles. The normalized spacial score (nSPS) is 23.2. The largest absolute Gasteiger partial charge is 0.497 e. The molecule has 0 saturated carbocycles. The highest BCUT2D eigenvalue weighted by Crippen LogP contribution is 2.39. The molecule has 0 N–H and O–H groups in total. The lowest BCUT2D eigenvalue weighted by molar-refractivity contribution is -0.108. The Hall–Kier alpha value is -1.96. The van der Waals surface area contributed by atoms with Crippen molar-refractivity contribution in [3.05, 3.63) is 41.5 Å². The molecule has 0 radical (unpaired) electrons. The predicted octanol–water partition coefficient (Wildman–Crippen LogP) is 4.02. The summed E-state index contributed by atoms with van der Waals surface area (Å²) in [4.78, 5) is 7.17. The number of nitrogens with zero attached hydrogens (tertiary/aromatic N) is 3. The van der Waals surface area contributed by atoms with Crippen LogP contribution in [-0.4, -0.2) is 48.5 Å². The maximum atomic E-state index is 6.22. The zero-order chi connectivity index (χ0) is 20.3. The number of hydrogen-bond acceptors (Lipinski definition) is 7. The summed E-state index contributed by atoms with van der Waals surface area (Å²) in [5.74, 6) is 2.14. The van der Waals surface area contributed by atoms with Crippen LogP contribution in [0.2, 0.25) is 0 Å². The van der Waals surface area contributed by atoms with Gasteiger partial charge in [-0.1, -0.05) is 17.3 Å². The lowest BCUT2D eigenvalue weighted by Gasteiger charge is -2.41. The van der Waals surface area contributed by atoms with Crippen LogP contribution in [-0.2, 0) is 15.1 Å². The average molecular weight is 402 g/mol. The molecule has 2 atom stereocenters. The van der Waals surface area contributed by atoms with Crippen LogP contribution >= 0.6 is 0 Å². The number of hydrogen-bond donors (Lipinski definition) is 0. The quantitative estimate of drug-likeness (QED) is 0.694. The smallest absolute Gasteiger partial charge is 0.259 e. The summed E-state index contributed by atoms with van der Waals surface area (Å²) >= 11 is 0. The molecule has 2 aliphatic rings. The molecular weight excluding hydrogens is 370 g/mol. The third kappa shape index (κ3) is 4.17. The molecule has 0 amide bonds. The number of aromatic nitrogens is 2. The molecule has 2 aromatic rings. The first kappa shape index (κ1) is 20.3. The van der Waals surface area contributed by atoms with Crippen molar-refractivity contribution in [2.24, 2.45) is 0 Å². The van der Waals surface area contributed by atoms with Crippen molar-refractivity contribution in [2.75, 3.05) is 33.4 Å². The van der Waals surface area contributed by atoms with Gasteiger partial charge in [-0.25, -0.2) is 0 Å². The summed E-state index contributed by atoms with van der Waals surface area (Å²) in [6, 6.07) is 8.59. The summed E-state index contributed by atoms with van der Waals surface area (Å²) in [6.07, 6.45) is 3.60. The van der Waals surface area contributed by atoms with E-state index in [9.17, 15) is 0 Å². The van der Waals surface area contributed by atoms with E-state index in [2.05, 4.69) is 29.1 Å². The molecule has 0 aliphatic carbocycles. The lowest BCUT2D eigenvalue weighted by atomic mass is 9.89. The first-order valence-corrected chi connectivity index (χ1v) is 10.6. The van der Waals surface area contributed by atoms with Crippen molar-refractivity contribution in [1.29, 1.82) is 0 Å². The van der Waals surface area contributed by atoms with Crippen molar-refractivity contribution in [3.63, 3.8) is 0 Å². The predicted molar refractivity (Wildman–Crippen MR) is 108 cm³/mol. The van der Waals surface area contributed by atoms with Gasteiger partial charge in [0, 0.05) is 32.3 Å². The summed E-state index contributed by atoms with van der Waals surface area (Å²) < 4.78 is 23.0. The van der Waals surface area contributed by atoms with E-state index in [1.807, 2.05) is 19.1 Å². The minimum absolute atomic E-state index is 0.0423. The molecule has 0 spiro atoms. The van der Waals surface area contributed by atoms with Gasteiger partial charge in [-0.05, 0) is 57.2 Å². The Morgan fingerprint density at radius 1 is 1.31 bits per heavy atom. The molecule has 0 bridgehead atoms. The molecule has 7 nitrogen and oxygen atoms in total. The molecule has 1 unspecified atom stereocenters. The van der Waals surface area contributed by atoms with Gasteiger partial charge in [0.2, 0.25) is 5.82 Å². The van der Waals surface area contributed by atoms with E-state index in [0.29, 0.717) is 24.4 Å². The fourth-order valence-corrected chi connectivity index (χ4v) is 4.41. The maximum Gasteiger partial charge on any atom is 0.259 e. The molecule has 4 rings (SSSR count). The zero-order valence-corrected chi connectivity index (χ0v) is 17.6. The van der Waals surface area contributed by atoms with Crippen molar-refractivity contribution >= 4 is 0 Å². The van der Waals surface area contributed by atoms with E-state index in [1.165, 1.54) is 5.56 Å². The maximum absolute atomic E-state index is 6.22. The van der Waals surface area contributed by atoms with Crippen LogP contribution in [0.4, 0.5) is 0 Å². The van der Waals surface area contributed by atoms with E-state index < -0.39 is 5.60 Å². The van der Waals surface area contributed by atoms with Gasteiger partial charge in [0.15, 0.2) is 0 Å².